The highest BCUT2D eigenvalue weighted by Crippen LogP contribution is 2.19. The highest BCUT2D eigenvalue weighted by molar-refractivity contribution is 7.10. The number of carbonyl (C=O) groups is 1. The first-order valence-electron chi connectivity index (χ1n) is 7.03. The van der Waals surface area contributed by atoms with Gasteiger partial charge in [-0.15, -0.1) is 16.4 Å². The third-order valence-corrected chi connectivity index (χ3v) is 3.79. The summed E-state index contributed by atoms with van der Waals surface area (Å²) < 4.78 is 7.20. The van der Waals surface area contributed by atoms with Crippen LogP contribution >= 0.6 is 11.3 Å². The van der Waals surface area contributed by atoms with E-state index in [1.54, 1.807) is 28.2 Å². The van der Waals surface area contributed by atoms with Crippen LogP contribution in [0.4, 0.5) is 6.01 Å². The van der Waals surface area contributed by atoms with Crippen molar-refractivity contribution in [2.24, 2.45) is 0 Å². The molecule has 3 aromatic heterocycles. The van der Waals surface area contributed by atoms with E-state index in [4.69, 9.17) is 4.42 Å². The molecular weight excluding hydrogens is 314 g/mol. The van der Waals surface area contributed by atoms with E-state index in [1.807, 2.05) is 37.6 Å². The van der Waals surface area contributed by atoms with Gasteiger partial charge in [-0.2, -0.15) is 5.10 Å². The van der Waals surface area contributed by atoms with Gasteiger partial charge in [-0.1, -0.05) is 11.2 Å². The van der Waals surface area contributed by atoms with Crippen LogP contribution in [-0.2, 0) is 4.79 Å². The van der Waals surface area contributed by atoms with Gasteiger partial charge in [0, 0.05) is 23.2 Å². The summed E-state index contributed by atoms with van der Waals surface area (Å²) in [5.41, 5.74) is 0.570. The molecule has 3 heterocycles. The van der Waals surface area contributed by atoms with E-state index in [1.165, 1.54) is 6.08 Å². The summed E-state index contributed by atoms with van der Waals surface area (Å²) in [5.74, 6) is -0.0664. The normalized spacial score (nSPS) is 11.4. The van der Waals surface area contributed by atoms with E-state index < -0.39 is 0 Å². The monoisotopic (exact) mass is 329 g/mol. The van der Waals surface area contributed by atoms with Gasteiger partial charge in [0.15, 0.2) is 0 Å². The number of rotatable bonds is 5. The fourth-order valence-electron chi connectivity index (χ4n) is 1.81. The molecule has 0 bridgehead atoms. The molecule has 0 aliphatic heterocycles. The highest BCUT2D eigenvalue weighted by atomic mass is 32.1. The van der Waals surface area contributed by atoms with Gasteiger partial charge in [0.05, 0.1) is 0 Å². The van der Waals surface area contributed by atoms with Gasteiger partial charge >= 0.3 is 6.01 Å². The van der Waals surface area contributed by atoms with Crippen molar-refractivity contribution in [2.75, 3.05) is 5.32 Å². The maximum absolute atomic E-state index is 11.8. The Kier molecular flexibility index (Phi) is 4.33. The van der Waals surface area contributed by atoms with Crippen LogP contribution in [0.1, 0.15) is 24.8 Å². The minimum absolute atomic E-state index is 0.0416. The van der Waals surface area contributed by atoms with Gasteiger partial charge in [-0.3, -0.25) is 14.8 Å². The molecule has 0 unspecified atom stereocenters. The minimum atomic E-state index is -0.332. The van der Waals surface area contributed by atoms with Gasteiger partial charge < -0.3 is 4.42 Å². The lowest BCUT2D eigenvalue weighted by atomic mass is 10.4. The third-order valence-electron chi connectivity index (χ3n) is 2.95. The molecule has 23 heavy (non-hydrogen) atoms. The van der Waals surface area contributed by atoms with Crippen molar-refractivity contribution in [3.8, 4) is 11.6 Å². The largest absolute Gasteiger partial charge is 0.401 e. The maximum Gasteiger partial charge on any atom is 0.322 e. The molecular formula is C15H15N5O2S. The summed E-state index contributed by atoms with van der Waals surface area (Å²) in [6, 6.07) is 5.91. The Hall–Kier alpha value is -2.74. The lowest BCUT2D eigenvalue weighted by Crippen LogP contribution is -2.07. The second-order valence-corrected chi connectivity index (χ2v) is 6.00. The second-order valence-electron chi connectivity index (χ2n) is 5.03. The maximum atomic E-state index is 11.8. The standard InChI is InChI=1S/C15H15N5O2S/c1-10(2)20-8-7-12(19-20)14-17-18-15(22-14)16-13(21)6-5-11-4-3-9-23-11/h3-10H,1-2H3,(H,16,18,21). The van der Waals surface area contributed by atoms with Crippen LogP contribution in [0.3, 0.4) is 0 Å². The first-order valence-corrected chi connectivity index (χ1v) is 7.91. The molecule has 0 aliphatic carbocycles. The molecule has 0 aliphatic rings. The molecule has 0 spiro atoms. The Bertz CT molecular complexity index is 817. The first kappa shape index (κ1) is 15.2. The Morgan fingerprint density at radius 3 is 2.96 bits per heavy atom. The zero-order chi connectivity index (χ0) is 16.2. The topological polar surface area (TPSA) is 85.8 Å². The molecule has 0 fully saturated rings. The minimum Gasteiger partial charge on any atom is -0.401 e. The smallest absolute Gasteiger partial charge is 0.322 e. The van der Waals surface area contributed by atoms with Crippen molar-refractivity contribution in [1.82, 2.24) is 20.0 Å². The Morgan fingerprint density at radius 1 is 1.39 bits per heavy atom. The summed E-state index contributed by atoms with van der Waals surface area (Å²) in [6.45, 7) is 4.05. The lowest BCUT2D eigenvalue weighted by molar-refractivity contribution is -0.112. The Morgan fingerprint density at radius 2 is 2.26 bits per heavy atom. The summed E-state index contributed by atoms with van der Waals surface area (Å²) in [5, 5.41) is 16.5. The number of anilines is 1. The molecule has 0 atom stereocenters. The lowest BCUT2D eigenvalue weighted by Gasteiger charge is -2.02. The number of thiophene rings is 1. The summed E-state index contributed by atoms with van der Waals surface area (Å²) in [4.78, 5) is 12.8. The van der Waals surface area contributed by atoms with Crippen LogP contribution in [0.25, 0.3) is 17.7 Å². The van der Waals surface area contributed by atoms with Crippen molar-refractivity contribution in [3.63, 3.8) is 0 Å². The number of hydrogen-bond acceptors (Lipinski definition) is 6. The van der Waals surface area contributed by atoms with Crippen molar-refractivity contribution >= 4 is 29.3 Å². The number of aromatic nitrogens is 4. The van der Waals surface area contributed by atoms with Gasteiger partial charge in [-0.25, -0.2) is 0 Å². The van der Waals surface area contributed by atoms with Crippen LogP contribution < -0.4 is 5.32 Å². The third kappa shape index (κ3) is 3.72. The van der Waals surface area contributed by atoms with E-state index in [-0.39, 0.29) is 23.9 Å². The molecule has 0 saturated heterocycles. The average Bonchev–Trinajstić information content (AvgIpc) is 3.26. The zero-order valence-corrected chi connectivity index (χ0v) is 13.4. The predicted octanol–water partition coefficient (Wildman–Crippen LogP) is 3.23. The van der Waals surface area contributed by atoms with Crippen LogP contribution in [0.2, 0.25) is 0 Å². The molecule has 1 amide bonds. The molecule has 7 nitrogen and oxygen atoms in total. The summed E-state index contributed by atoms with van der Waals surface area (Å²) in [6.07, 6.45) is 4.98. The molecule has 118 valence electrons. The average molecular weight is 329 g/mol. The van der Waals surface area contributed by atoms with E-state index in [0.29, 0.717) is 5.69 Å². The highest BCUT2D eigenvalue weighted by Gasteiger charge is 2.13. The van der Waals surface area contributed by atoms with E-state index >= 15 is 0 Å². The van der Waals surface area contributed by atoms with Crippen molar-refractivity contribution < 1.29 is 9.21 Å². The van der Waals surface area contributed by atoms with E-state index in [0.717, 1.165) is 4.88 Å². The van der Waals surface area contributed by atoms with Crippen LogP contribution in [0, 0.1) is 0 Å². The fourth-order valence-corrected chi connectivity index (χ4v) is 2.43. The van der Waals surface area contributed by atoms with Crippen molar-refractivity contribution in [3.05, 3.63) is 40.7 Å². The SMILES string of the molecule is CC(C)n1ccc(-c2nnc(NC(=O)C=Cc3cccs3)o2)n1. The quantitative estimate of drug-likeness (QED) is 0.726. The second kappa shape index (κ2) is 6.57. The number of carbonyl (C=O) groups excluding carboxylic acids is 1. The Balaban J connectivity index is 1.65. The predicted molar refractivity (Wildman–Crippen MR) is 87.9 cm³/mol. The van der Waals surface area contributed by atoms with Crippen LogP contribution in [-0.4, -0.2) is 25.9 Å². The molecule has 0 saturated carbocycles. The van der Waals surface area contributed by atoms with E-state index in [2.05, 4.69) is 20.6 Å². The zero-order valence-electron chi connectivity index (χ0n) is 12.6. The van der Waals surface area contributed by atoms with Crippen molar-refractivity contribution in [1.29, 1.82) is 0 Å². The van der Waals surface area contributed by atoms with Gasteiger partial charge in [0.25, 0.3) is 11.8 Å². The van der Waals surface area contributed by atoms with Crippen molar-refractivity contribution in [2.45, 2.75) is 19.9 Å². The number of hydrogen-bond donors (Lipinski definition) is 1. The summed E-state index contributed by atoms with van der Waals surface area (Å²) >= 11 is 1.55. The Labute approximate surface area is 136 Å². The molecule has 8 heteroatoms. The fraction of sp³-hybridized carbons (Fsp3) is 0.200. The molecule has 0 radical (unpaired) electrons. The summed E-state index contributed by atoms with van der Waals surface area (Å²) in [7, 11) is 0. The number of amides is 1. The molecule has 3 aromatic rings. The van der Waals surface area contributed by atoms with Crippen LogP contribution in [0.5, 0.6) is 0 Å². The van der Waals surface area contributed by atoms with Gasteiger partial charge in [0.1, 0.15) is 5.69 Å². The van der Waals surface area contributed by atoms with Gasteiger partial charge in [0.2, 0.25) is 0 Å². The number of nitrogens with one attached hydrogen (secondary N) is 1. The van der Waals surface area contributed by atoms with Crippen LogP contribution in [0.15, 0.2) is 40.3 Å². The number of nitrogens with zero attached hydrogens (tertiary/aromatic N) is 4. The molecule has 1 N–H and O–H groups in total. The molecule has 3 rings (SSSR count). The first-order chi connectivity index (χ1) is 11.1. The van der Waals surface area contributed by atoms with Gasteiger partial charge in [-0.05, 0) is 37.4 Å². The molecule has 0 aromatic carbocycles. The van der Waals surface area contributed by atoms with E-state index in [9.17, 15) is 4.79 Å².